The molecule has 3 nitrogen and oxygen atoms in total. The van der Waals surface area contributed by atoms with Crippen molar-refractivity contribution in [1.82, 2.24) is 9.97 Å². The molecular formula is C14H13N3. The number of fused-ring (bicyclic) bond motifs is 1. The summed E-state index contributed by atoms with van der Waals surface area (Å²) in [5.41, 5.74) is 6.31. The summed E-state index contributed by atoms with van der Waals surface area (Å²) in [6.07, 6.45) is 3.47. The molecule has 0 unspecified atom stereocenters. The minimum absolute atomic E-state index is 0.572. The van der Waals surface area contributed by atoms with Gasteiger partial charge in [-0.25, -0.2) is 4.98 Å². The Balaban J connectivity index is 0.000000136. The number of para-hydroxylation sites is 1. The molecule has 17 heavy (non-hydrogen) atoms. The highest BCUT2D eigenvalue weighted by molar-refractivity contribution is 5.77. The van der Waals surface area contributed by atoms with Crippen LogP contribution in [0.5, 0.6) is 0 Å². The molecule has 3 rings (SSSR count). The van der Waals surface area contributed by atoms with Crippen molar-refractivity contribution in [3.63, 3.8) is 0 Å². The molecule has 0 saturated carbocycles. The van der Waals surface area contributed by atoms with Crippen LogP contribution in [-0.2, 0) is 0 Å². The van der Waals surface area contributed by atoms with E-state index in [1.54, 1.807) is 12.3 Å². The first-order valence-electron chi connectivity index (χ1n) is 5.32. The first-order chi connectivity index (χ1) is 8.36. The molecule has 0 radical (unpaired) electrons. The lowest BCUT2D eigenvalue weighted by atomic mass is 10.2. The minimum Gasteiger partial charge on any atom is -0.384 e. The second-order valence-electron chi connectivity index (χ2n) is 3.45. The molecule has 0 spiro atoms. The third kappa shape index (κ3) is 3.28. The van der Waals surface area contributed by atoms with Gasteiger partial charge in [-0.05, 0) is 24.3 Å². The van der Waals surface area contributed by atoms with Gasteiger partial charge in [-0.2, -0.15) is 0 Å². The Morgan fingerprint density at radius 3 is 2.06 bits per heavy atom. The zero-order valence-electron chi connectivity index (χ0n) is 9.32. The Morgan fingerprint density at radius 1 is 0.706 bits per heavy atom. The summed E-state index contributed by atoms with van der Waals surface area (Å²) in [5, 5.41) is 1.20. The quantitative estimate of drug-likeness (QED) is 0.637. The average Bonchev–Trinajstić information content (AvgIpc) is 2.41. The highest BCUT2D eigenvalue weighted by Crippen LogP contribution is 2.07. The summed E-state index contributed by atoms with van der Waals surface area (Å²) in [4.78, 5) is 7.94. The molecular weight excluding hydrogens is 210 g/mol. The van der Waals surface area contributed by atoms with Crippen molar-refractivity contribution in [2.45, 2.75) is 0 Å². The van der Waals surface area contributed by atoms with E-state index >= 15 is 0 Å². The van der Waals surface area contributed by atoms with Gasteiger partial charge >= 0.3 is 0 Å². The number of nitrogens with zero attached hydrogens (tertiary/aromatic N) is 2. The predicted octanol–water partition coefficient (Wildman–Crippen LogP) is 2.90. The van der Waals surface area contributed by atoms with Crippen LogP contribution >= 0.6 is 0 Å². The second-order valence-corrected chi connectivity index (χ2v) is 3.45. The summed E-state index contributed by atoms with van der Waals surface area (Å²) in [7, 11) is 0. The number of nitrogen functional groups attached to an aromatic ring is 1. The van der Waals surface area contributed by atoms with Crippen LogP contribution in [-0.4, -0.2) is 9.97 Å². The minimum atomic E-state index is 0.572. The van der Waals surface area contributed by atoms with Crippen molar-refractivity contribution < 1.29 is 0 Å². The van der Waals surface area contributed by atoms with Crippen LogP contribution in [0, 0.1) is 0 Å². The largest absolute Gasteiger partial charge is 0.384 e. The summed E-state index contributed by atoms with van der Waals surface area (Å²) >= 11 is 0. The number of hydrogen-bond donors (Lipinski definition) is 1. The average molecular weight is 223 g/mol. The Kier molecular flexibility index (Phi) is 3.65. The van der Waals surface area contributed by atoms with Gasteiger partial charge in [0, 0.05) is 17.8 Å². The predicted molar refractivity (Wildman–Crippen MR) is 70.4 cm³/mol. The Bertz CT molecular complexity index is 513. The lowest BCUT2D eigenvalue weighted by Crippen LogP contribution is -1.85. The Hall–Kier alpha value is -2.42. The number of hydrogen-bond acceptors (Lipinski definition) is 3. The highest BCUT2D eigenvalue weighted by Gasteiger charge is 1.86. The fourth-order valence-electron chi connectivity index (χ4n) is 1.39. The SMILES string of the molecule is Nc1ccccn1.c1ccc2ncccc2c1. The van der Waals surface area contributed by atoms with E-state index in [1.807, 2.05) is 42.6 Å². The van der Waals surface area contributed by atoms with Crippen molar-refractivity contribution in [1.29, 1.82) is 0 Å². The summed E-state index contributed by atoms with van der Waals surface area (Å²) in [6.45, 7) is 0. The van der Waals surface area contributed by atoms with E-state index in [0.717, 1.165) is 5.52 Å². The Morgan fingerprint density at radius 2 is 1.41 bits per heavy atom. The van der Waals surface area contributed by atoms with Crippen molar-refractivity contribution in [2.75, 3.05) is 5.73 Å². The molecule has 2 aromatic heterocycles. The van der Waals surface area contributed by atoms with Crippen LogP contribution in [0.25, 0.3) is 10.9 Å². The van der Waals surface area contributed by atoms with Gasteiger partial charge in [0.1, 0.15) is 5.82 Å². The van der Waals surface area contributed by atoms with Gasteiger partial charge < -0.3 is 5.73 Å². The number of benzene rings is 1. The first-order valence-corrected chi connectivity index (χ1v) is 5.32. The maximum Gasteiger partial charge on any atom is 0.123 e. The van der Waals surface area contributed by atoms with Crippen LogP contribution in [0.2, 0.25) is 0 Å². The number of aromatic nitrogens is 2. The van der Waals surface area contributed by atoms with Gasteiger partial charge in [-0.15, -0.1) is 0 Å². The van der Waals surface area contributed by atoms with E-state index in [9.17, 15) is 0 Å². The fraction of sp³-hybridized carbons (Fsp3) is 0. The normalized spacial score (nSPS) is 9.41. The van der Waals surface area contributed by atoms with Gasteiger partial charge in [0.25, 0.3) is 0 Å². The van der Waals surface area contributed by atoms with E-state index in [1.165, 1.54) is 5.39 Å². The van der Waals surface area contributed by atoms with Crippen molar-refractivity contribution >= 4 is 16.7 Å². The monoisotopic (exact) mass is 223 g/mol. The van der Waals surface area contributed by atoms with Crippen LogP contribution in [0.1, 0.15) is 0 Å². The van der Waals surface area contributed by atoms with Crippen molar-refractivity contribution in [3.8, 4) is 0 Å². The molecule has 0 aliphatic rings. The van der Waals surface area contributed by atoms with Gasteiger partial charge in [-0.1, -0.05) is 30.3 Å². The fourth-order valence-corrected chi connectivity index (χ4v) is 1.39. The molecule has 3 aromatic rings. The standard InChI is InChI=1S/C9H7N.C5H6N2/c1-2-6-9-8(4-1)5-3-7-10-9;6-5-3-1-2-4-7-5/h1-7H;1-4H,(H2,6,7). The van der Waals surface area contributed by atoms with Crippen LogP contribution < -0.4 is 5.73 Å². The van der Waals surface area contributed by atoms with Crippen molar-refractivity contribution in [3.05, 3.63) is 67.0 Å². The van der Waals surface area contributed by atoms with Gasteiger partial charge in [0.2, 0.25) is 0 Å². The molecule has 0 atom stereocenters. The molecule has 0 bridgehead atoms. The first kappa shape index (κ1) is 11.1. The van der Waals surface area contributed by atoms with E-state index in [2.05, 4.69) is 22.1 Å². The molecule has 0 aliphatic heterocycles. The van der Waals surface area contributed by atoms with E-state index in [4.69, 9.17) is 5.73 Å². The molecule has 0 amide bonds. The molecule has 1 aromatic carbocycles. The maximum absolute atomic E-state index is 5.25. The van der Waals surface area contributed by atoms with Gasteiger partial charge in [-0.3, -0.25) is 4.98 Å². The van der Waals surface area contributed by atoms with E-state index in [-0.39, 0.29) is 0 Å². The van der Waals surface area contributed by atoms with Crippen LogP contribution in [0.3, 0.4) is 0 Å². The molecule has 84 valence electrons. The van der Waals surface area contributed by atoms with E-state index in [0.29, 0.717) is 5.82 Å². The van der Waals surface area contributed by atoms with E-state index < -0.39 is 0 Å². The smallest absolute Gasteiger partial charge is 0.123 e. The lowest BCUT2D eigenvalue weighted by molar-refractivity contribution is 1.34. The molecule has 0 fully saturated rings. The number of nitrogens with two attached hydrogens (primary N) is 1. The summed E-state index contributed by atoms with van der Waals surface area (Å²) < 4.78 is 0. The van der Waals surface area contributed by atoms with Gasteiger partial charge in [0.15, 0.2) is 0 Å². The molecule has 0 saturated heterocycles. The highest BCUT2D eigenvalue weighted by atomic mass is 14.8. The topological polar surface area (TPSA) is 51.8 Å². The van der Waals surface area contributed by atoms with Crippen LogP contribution in [0.15, 0.2) is 67.0 Å². The third-order valence-electron chi connectivity index (χ3n) is 2.20. The number of anilines is 1. The molecule has 3 heteroatoms. The van der Waals surface area contributed by atoms with Crippen molar-refractivity contribution in [2.24, 2.45) is 0 Å². The van der Waals surface area contributed by atoms with Gasteiger partial charge in [0.05, 0.1) is 5.52 Å². The molecule has 0 aliphatic carbocycles. The third-order valence-corrected chi connectivity index (χ3v) is 2.20. The number of pyridine rings is 2. The summed E-state index contributed by atoms with van der Waals surface area (Å²) in [6, 6.07) is 17.5. The Labute approximate surface area is 100.0 Å². The lowest BCUT2D eigenvalue weighted by Gasteiger charge is -1.91. The second kappa shape index (κ2) is 5.61. The summed E-state index contributed by atoms with van der Waals surface area (Å²) in [5.74, 6) is 0.572. The molecule has 2 N–H and O–H groups in total. The zero-order valence-corrected chi connectivity index (χ0v) is 9.32. The number of rotatable bonds is 0. The molecule has 2 heterocycles. The zero-order chi connectivity index (χ0) is 11.9. The van der Waals surface area contributed by atoms with Crippen LogP contribution in [0.4, 0.5) is 5.82 Å². The maximum atomic E-state index is 5.25.